The topological polar surface area (TPSA) is 88.3 Å². The molecule has 2 heterocycles. The average Bonchev–Trinajstić information content (AvgIpc) is 3.28. The summed E-state index contributed by atoms with van der Waals surface area (Å²) in [5.41, 5.74) is 1.93. The smallest absolute Gasteiger partial charge is 0.325 e. The van der Waals surface area contributed by atoms with Gasteiger partial charge in [-0.25, -0.2) is 4.79 Å². The van der Waals surface area contributed by atoms with Crippen LogP contribution in [0.15, 0.2) is 59.1 Å². The van der Waals surface area contributed by atoms with Crippen molar-refractivity contribution in [3.05, 3.63) is 83.0 Å². The highest BCUT2D eigenvalue weighted by molar-refractivity contribution is 6.07. The van der Waals surface area contributed by atoms with Crippen LogP contribution in [-0.4, -0.2) is 27.0 Å². The number of nitrogens with zero attached hydrogens (tertiary/aromatic N) is 3. The number of urea groups is 1. The lowest BCUT2D eigenvalue weighted by Crippen LogP contribution is -2.43. The first-order valence-corrected chi connectivity index (χ1v) is 9.59. The number of imide groups is 1. The number of carbonyl (C=O) groups excluding carboxylic acids is 2. The maximum Gasteiger partial charge on any atom is 0.325 e. The molecule has 3 aromatic rings. The molecule has 1 unspecified atom stereocenters. The molecule has 1 N–H and O–H groups in total. The zero-order chi connectivity index (χ0) is 20.4. The molecule has 148 valence electrons. The van der Waals surface area contributed by atoms with Crippen molar-refractivity contribution in [3.63, 3.8) is 0 Å². The number of hydrogen-bond donors (Lipinski definition) is 1. The van der Waals surface area contributed by atoms with E-state index in [1.807, 2.05) is 68.4 Å². The third-order valence-electron chi connectivity index (χ3n) is 5.39. The van der Waals surface area contributed by atoms with Gasteiger partial charge in [0.15, 0.2) is 5.82 Å². The maximum absolute atomic E-state index is 13.2. The van der Waals surface area contributed by atoms with Crippen LogP contribution in [0.2, 0.25) is 0 Å². The van der Waals surface area contributed by atoms with Gasteiger partial charge in [-0.05, 0) is 30.0 Å². The van der Waals surface area contributed by atoms with E-state index in [9.17, 15) is 9.59 Å². The standard InChI is InChI=1S/C22H22N4O3/c1-3-22(17-11-5-4-6-12-17)20(27)26(21(28)24-22)14-19-23-18(25-29-19)13-16-10-8-7-9-15(16)2/h4-12H,3,13-14H2,1-2H3,(H,24,28). The number of nitrogens with one attached hydrogen (secondary N) is 1. The Morgan fingerprint density at radius 2 is 1.79 bits per heavy atom. The molecule has 7 nitrogen and oxygen atoms in total. The average molecular weight is 390 g/mol. The maximum atomic E-state index is 13.2. The highest BCUT2D eigenvalue weighted by Gasteiger charge is 2.51. The lowest BCUT2D eigenvalue weighted by atomic mass is 9.87. The number of hydrogen-bond acceptors (Lipinski definition) is 5. The van der Waals surface area contributed by atoms with Gasteiger partial charge in [0.2, 0.25) is 5.89 Å². The molecular weight excluding hydrogens is 368 g/mol. The third kappa shape index (κ3) is 3.40. The minimum atomic E-state index is -1.07. The van der Waals surface area contributed by atoms with E-state index >= 15 is 0 Å². The van der Waals surface area contributed by atoms with E-state index in [2.05, 4.69) is 15.5 Å². The summed E-state index contributed by atoms with van der Waals surface area (Å²) >= 11 is 0. The summed E-state index contributed by atoms with van der Waals surface area (Å²) in [5.74, 6) is 0.443. The summed E-state index contributed by atoms with van der Waals surface area (Å²) < 4.78 is 5.31. The molecular formula is C22H22N4O3. The molecule has 0 aliphatic carbocycles. The first-order chi connectivity index (χ1) is 14.0. The summed E-state index contributed by atoms with van der Waals surface area (Å²) in [4.78, 5) is 31.3. The summed E-state index contributed by atoms with van der Waals surface area (Å²) in [6, 6.07) is 16.8. The van der Waals surface area contributed by atoms with Crippen LogP contribution in [0.25, 0.3) is 0 Å². The van der Waals surface area contributed by atoms with Gasteiger partial charge in [-0.2, -0.15) is 4.98 Å². The van der Waals surface area contributed by atoms with Crippen LogP contribution in [0.4, 0.5) is 4.79 Å². The van der Waals surface area contributed by atoms with Crippen molar-refractivity contribution < 1.29 is 14.1 Å². The SMILES string of the molecule is CCC1(c2ccccc2)NC(=O)N(Cc2nc(Cc3ccccc3C)no2)C1=O. The molecule has 4 rings (SSSR count). The Labute approximate surface area is 168 Å². The van der Waals surface area contributed by atoms with Crippen LogP contribution in [-0.2, 0) is 23.3 Å². The molecule has 29 heavy (non-hydrogen) atoms. The van der Waals surface area contributed by atoms with Gasteiger partial charge in [0.1, 0.15) is 12.1 Å². The molecule has 2 aromatic carbocycles. The Morgan fingerprint density at radius 3 is 2.52 bits per heavy atom. The van der Waals surface area contributed by atoms with Gasteiger partial charge in [0.25, 0.3) is 5.91 Å². The van der Waals surface area contributed by atoms with E-state index in [0.29, 0.717) is 18.7 Å². The first-order valence-electron chi connectivity index (χ1n) is 9.59. The second-order valence-electron chi connectivity index (χ2n) is 7.15. The van der Waals surface area contributed by atoms with E-state index < -0.39 is 11.6 Å². The zero-order valence-corrected chi connectivity index (χ0v) is 16.4. The van der Waals surface area contributed by atoms with Crippen LogP contribution in [0.5, 0.6) is 0 Å². The lowest BCUT2D eigenvalue weighted by molar-refractivity contribution is -0.132. The van der Waals surface area contributed by atoms with Crippen LogP contribution < -0.4 is 5.32 Å². The van der Waals surface area contributed by atoms with Gasteiger partial charge < -0.3 is 9.84 Å². The third-order valence-corrected chi connectivity index (χ3v) is 5.39. The number of aryl methyl sites for hydroxylation is 1. The molecule has 3 amide bonds. The summed E-state index contributed by atoms with van der Waals surface area (Å²) in [6.07, 6.45) is 0.972. The Kier molecular flexibility index (Phi) is 4.88. The summed E-state index contributed by atoms with van der Waals surface area (Å²) in [5, 5.41) is 6.86. The van der Waals surface area contributed by atoms with E-state index in [0.717, 1.165) is 21.6 Å². The highest BCUT2D eigenvalue weighted by atomic mass is 16.5. The van der Waals surface area contributed by atoms with Crippen molar-refractivity contribution >= 4 is 11.9 Å². The molecule has 1 aliphatic rings. The summed E-state index contributed by atoms with van der Waals surface area (Å²) in [7, 11) is 0. The van der Waals surface area contributed by atoms with Gasteiger partial charge in [-0.3, -0.25) is 9.69 Å². The van der Waals surface area contributed by atoms with Crippen molar-refractivity contribution in [2.45, 2.75) is 38.8 Å². The molecule has 7 heteroatoms. The molecule has 0 spiro atoms. The van der Waals surface area contributed by atoms with E-state index in [4.69, 9.17) is 4.52 Å². The molecule has 1 aliphatic heterocycles. The Balaban J connectivity index is 1.53. The second-order valence-corrected chi connectivity index (χ2v) is 7.15. The van der Waals surface area contributed by atoms with E-state index in [1.54, 1.807) is 0 Å². The summed E-state index contributed by atoms with van der Waals surface area (Å²) in [6.45, 7) is 3.85. The molecule has 1 aromatic heterocycles. The second kappa shape index (κ2) is 7.50. The normalized spacial score (nSPS) is 18.9. The van der Waals surface area contributed by atoms with Crippen molar-refractivity contribution in [1.29, 1.82) is 0 Å². The van der Waals surface area contributed by atoms with Crippen LogP contribution in [0.3, 0.4) is 0 Å². The van der Waals surface area contributed by atoms with Crippen LogP contribution in [0.1, 0.15) is 41.8 Å². The van der Waals surface area contributed by atoms with Crippen molar-refractivity contribution in [2.24, 2.45) is 0 Å². The highest BCUT2D eigenvalue weighted by Crippen LogP contribution is 2.33. The molecule has 1 fully saturated rings. The predicted molar refractivity (Wildman–Crippen MR) is 106 cm³/mol. The van der Waals surface area contributed by atoms with Gasteiger partial charge in [-0.15, -0.1) is 0 Å². The number of carbonyl (C=O) groups is 2. The largest absolute Gasteiger partial charge is 0.337 e. The number of aromatic nitrogens is 2. The number of amides is 3. The molecule has 0 bridgehead atoms. The molecule has 0 radical (unpaired) electrons. The monoisotopic (exact) mass is 390 g/mol. The number of benzene rings is 2. The zero-order valence-electron chi connectivity index (χ0n) is 16.4. The van der Waals surface area contributed by atoms with E-state index in [-0.39, 0.29) is 18.3 Å². The Bertz CT molecular complexity index is 1050. The minimum Gasteiger partial charge on any atom is -0.337 e. The first kappa shape index (κ1) is 18.9. The Morgan fingerprint density at radius 1 is 1.07 bits per heavy atom. The molecule has 1 atom stereocenters. The van der Waals surface area contributed by atoms with Crippen LogP contribution >= 0.6 is 0 Å². The fraction of sp³-hybridized carbons (Fsp3) is 0.273. The van der Waals surface area contributed by atoms with E-state index in [1.165, 1.54) is 0 Å². The molecule has 1 saturated heterocycles. The quantitative estimate of drug-likeness (QED) is 0.652. The lowest BCUT2D eigenvalue weighted by Gasteiger charge is -2.25. The Hall–Kier alpha value is -3.48. The molecule has 0 saturated carbocycles. The van der Waals surface area contributed by atoms with Gasteiger partial charge in [0.05, 0.1) is 0 Å². The fourth-order valence-corrected chi connectivity index (χ4v) is 3.67. The minimum absolute atomic E-state index is 0.0555. The van der Waals surface area contributed by atoms with Gasteiger partial charge in [-0.1, -0.05) is 66.7 Å². The number of rotatable bonds is 6. The van der Waals surface area contributed by atoms with Crippen molar-refractivity contribution in [3.8, 4) is 0 Å². The van der Waals surface area contributed by atoms with Gasteiger partial charge >= 0.3 is 6.03 Å². The van der Waals surface area contributed by atoms with Crippen LogP contribution in [0, 0.1) is 6.92 Å². The fourth-order valence-electron chi connectivity index (χ4n) is 3.67. The predicted octanol–water partition coefficient (Wildman–Crippen LogP) is 3.33. The van der Waals surface area contributed by atoms with Crippen molar-refractivity contribution in [1.82, 2.24) is 20.4 Å². The van der Waals surface area contributed by atoms with Gasteiger partial charge in [0, 0.05) is 6.42 Å². The van der Waals surface area contributed by atoms with Crippen molar-refractivity contribution in [2.75, 3.05) is 0 Å².